The van der Waals surface area contributed by atoms with Crippen LogP contribution < -0.4 is 10.2 Å². The zero-order chi connectivity index (χ0) is 13.9. The number of nitrogens with one attached hydrogen (secondary N) is 1. The van der Waals surface area contributed by atoms with Gasteiger partial charge in [0.25, 0.3) is 0 Å². The van der Waals surface area contributed by atoms with E-state index < -0.39 is 0 Å². The smallest absolute Gasteiger partial charge is 0.0431 e. The predicted molar refractivity (Wildman–Crippen MR) is 86.5 cm³/mol. The van der Waals surface area contributed by atoms with Gasteiger partial charge in [-0.25, -0.2) is 0 Å². The summed E-state index contributed by atoms with van der Waals surface area (Å²) in [5.41, 5.74) is 4.60. The lowest BCUT2D eigenvalue weighted by Crippen LogP contribution is -2.28. The Balaban J connectivity index is 1.69. The number of rotatable bonds is 6. The molecule has 0 spiro atoms. The average Bonchev–Trinajstić information content (AvgIpc) is 3.21. The summed E-state index contributed by atoms with van der Waals surface area (Å²) in [6.45, 7) is 8.25. The maximum absolute atomic E-state index is 3.70. The van der Waals surface area contributed by atoms with Crippen LogP contribution in [-0.4, -0.2) is 25.7 Å². The fourth-order valence-corrected chi connectivity index (χ4v) is 3.44. The molecule has 1 saturated heterocycles. The normalized spacial score (nSPS) is 22.5. The Morgan fingerprint density at radius 3 is 2.40 bits per heavy atom. The molecule has 1 atom stereocenters. The van der Waals surface area contributed by atoms with Crippen LogP contribution in [-0.2, 0) is 12.8 Å². The van der Waals surface area contributed by atoms with Gasteiger partial charge in [-0.3, -0.25) is 0 Å². The van der Waals surface area contributed by atoms with Gasteiger partial charge in [0.15, 0.2) is 0 Å². The van der Waals surface area contributed by atoms with E-state index in [0.717, 1.165) is 24.8 Å². The molecule has 20 heavy (non-hydrogen) atoms. The Bertz CT molecular complexity index is 428. The van der Waals surface area contributed by atoms with Gasteiger partial charge in [0.1, 0.15) is 0 Å². The number of para-hydroxylation sites is 1. The van der Waals surface area contributed by atoms with Crippen LogP contribution in [0.3, 0.4) is 0 Å². The zero-order valence-electron chi connectivity index (χ0n) is 13.0. The lowest BCUT2D eigenvalue weighted by Gasteiger charge is -2.25. The van der Waals surface area contributed by atoms with Gasteiger partial charge in [-0.2, -0.15) is 0 Å². The van der Waals surface area contributed by atoms with Gasteiger partial charge in [0.2, 0.25) is 0 Å². The molecule has 0 radical (unpaired) electrons. The second-order valence-corrected chi connectivity index (χ2v) is 6.42. The van der Waals surface area contributed by atoms with E-state index in [1.165, 1.54) is 50.0 Å². The van der Waals surface area contributed by atoms with Crippen molar-refractivity contribution < 1.29 is 0 Å². The standard InChI is InChI=1S/C18H28N2/c1-3-15-6-5-7-16(4-2)18(15)20-11-10-14(13-20)12-19-17-8-9-17/h5-7,14,17,19H,3-4,8-13H2,1-2H3. The van der Waals surface area contributed by atoms with Gasteiger partial charge in [-0.05, 0) is 55.7 Å². The lowest BCUT2D eigenvalue weighted by molar-refractivity contribution is 0.515. The van der Waals surface area contributed by atoms with Crippen LogP contribution in [0.1, 0.15) is 44.2 Å². The van der Waals surface area contributed by atoms with Gasteiger partial charge < -0.3 is 10.2 Å². The van der Waals surface area contributed by atoms with E-state index in [1.54, 1.807) is 5.69 Å². The van der Waals surface area contributed by atoms with Crippen LogP contribution in [0.4, 0.5) is 5.69 Å². The molecule has 0 aromatic heterocycles. The van der Waals surface area contributed by atoms with Crippen molar-refractivity contribution in [1.29, 1.82) is 0 Å². The van der Waals surface area contributed by atoms with E-state index in [9.17, 15) is 0 Å². The summed E-state index contributed by atoms with van der Waals surface area (Å²) < 4.78 is 0. The highest BCUT2D eigenvalue weighted by Gasteiger charge is 2.27. The summed E-state index contributed by atoms with van der Waals surface area (Å²) in [6.07, 6.45) is 6.43. The molecule has 1 aliphatic carbocycles. The molecule has 0 bridgehead atoms. The van der Waals surface area contributed by atoms with Gasteiger partial charge in [-0.1, -0.05) is 32.0 Å². The predicted octanol–water partition coefficient (Wildman–Crippen LogP) is 3.39. The Hall–Kier alpha value is -1.02. The highest BCUT2D eigenvalue weighted by atomic mass is 15.2. The minimum absolute atomic E-state index is 0.838. The molecule has 2 nitrogen and oxygen atoms in total. The zero-order valence-corrected chi connectivity index (χ0v) is 13.0. The van der Waals surface area contributed by atoms with Crippen molar-refractivity contribution in [3.05, 3.63) is 29.3 Å². The SMILES string of the molecule is CCc1cccc(CC)c1N1CCC(CNC2CC2)C1. The molecular formula is C18H28N2. The number of hydrogen-bond acceptors (Lipinski definition) is 2. The molecule has 110 valence electrons. The maximum atomic E-state index is 3.70. The average molecular weight is 272 g/mol. The maximum Gasteiger partial charge on any atom is 0.0431 e. The fourth-order valence-electron chi connectivity index (χ4n) is 3.44. The number of benzene rings is 1. The van der Waals surface area contributed by atoms with Crippen LogP contribution in [0.15, 0.2) is 18.2 Å². The minimum Gasteiger partial charge on any atom is -0.371 e. The first-order chi connectivity index (χ1) is 9.81. The first kappa shape index (κ1) is 13.9. The first-order valence-corrected chi connectivity index (χ1v) is 8.40. The van der Waals surface area contributed by atoms with Gasteiger partial charge in [-0.15, -0.1) is 0 Å². The molecule has 2 aliphatic rings. The van der Waals surface area contributed by atoms with E-state index in [-0.39, 0.29) is 0 Å². The van der Waals surface area contributed by atoms with Gasteiger partial charge >= 0.3 is 0 Å². The minimum atomic E-state index is 0.838. The van der Waals surface area contributed by atoms with E-state index in [4.69, 9.17) is 0 Å². The van der Waals surface area contributed by atoms with Crippen molar-refractivity contribution in [1.82, 2.24) is 5.32 Å². The highest BCUT2D eigenvalue weighted by molar-refractivity contribution is 5.60. The quantitative estimate of drug-likeness (QED) is 0.854. The van der Waals surface area contributed by atoms with Crippen molar-refractivity contribution in [2.75, 3.05) is 24.5 Å². The summed E-state index contributed by atoms with van der Waals surface area (Å²) in [5.74, 6) is 0.838. The molecular weight excluding hydrogens is 244 g/mol. The molecule has 1 unspecified atom stereocenters. The molecule has 2 fully saturated rings. The van der Waals surface area contributed by atoms with Crippen LogP contribution in [0, 0.1) is 5.92 Å². The molecule has 1 heterocycles. The van der Waals surface area contributed by atoms with Crippen molar-refractivity contribution >= 4 is 5.69 Å². The number of hydrogen-bond donors (Lipinski definition) is 1. The Morgan fingerprint density at radius 2 is 1.80 bits per heavy atom. The third-order valence-corrected chi connectivity index (χ3v) is 4.84. The van der Waals surface area contributed by atoms with Crippen LogP contribution in [0.5, 0.6) is 0 Å². The van der Waals surface area contributed by atoms with Crippen molar-refractivity contribution in [3.8, 4) is 0 Å². The third-order valence-electron chi connectivity index (χ3n) is 4.84. The highest BCUT2D eigenvalue weighted by Crippen LogP contribution is 2.31. The monoisotopic (exact) mass is 272 g/mol. The second kappa shape index (κ2) is 6.17. The molecule has 3 rings (SSSR count). The summed E-state index contributed by atoms with van der Waals surface area (Å²) in [4.78, 5) is 2.65. The van der Waals surface area contributed by atoms with E-state index in [2.05, 4.69) is 42.3 Å². The first-order valence-electron chi connectivity index (χ1n) is 8.40. The van der Waals surface area contributed by atoms with Crippen molar-refractivity contribution in [3.63, 3.8) is 0 Å². The Kier molecular flexibility index (Phi) is 4.30. The van der Waals surface area contributed by atoms with Crippen molar-refractivity contribution in [2.24, 2.45) is 5.92 Å². The topological polar surface area (TPSA) is 15.3 Å². The van der Waals surface area contributed by atoms with E-state index in [0.29, 0.717) is 0 Å². The van der Waals surface area contributed by atoms with Crippen LogP contribution in [0.25, 0.3) is 0 Å². The van der Waals surface area contributed by atoms with Gasteiger partial charge in [0, 0.05) is 24.8 Å². The molecule has 1 aromatic rings. The lowest BCUT2D eigenvalue weighted by atomic mass is 10.0. The van der Waals surface area contributed by atoms with E-state index >= 15 is 0 Å². The largest absolute Gasteiger partial charge is 0.371 e. The number of aryl methyl sites for hydroxylation is 2. The fraction of sp³-hybridized carbons (Fsp3) is 0.667. The molecule has 0 amide bonds. The Morgan fingerprint density at radius 1 is 1.10 bits per heavy atom. The van der Waals surface area contributed by atoms with Gasteiger partial charge in [0.05, 0.1) is 0 Å². The van der Waals surface area contributed by atoms with E-state index in [1.807, 2.05) is 0 Å². The molecule has 1 aliphatic heterocycles. The van der Waals surface area contributed by atoms with Crippen LogP contribution in [0.2, 0.25) is 0 Å². The number of nitrogens with zero attached hydrogens (tertiary/aromatic N) is 1. The molecule has 1 N–H and O–H groups in total. The summed E-state index contributed by atoms with van der Waals surface area (Å²) in [5, 5.41) is 3.70. The molecule has 1 aromatic carbocycles. The van der Waals surface area contributed by atoms with Crippen LogP contribution >= 0.6 is 0 Å². The molecule has 2 heteroatoms. The third kappa shape index (κ3) is 3.01. The Labute approximate surface area is 123 Å². The molecule has 1 saturated carbocycles. The second-order valence-electron chi connectivity index (χ2n) is 6.42. The number of anilines is 1. The summed E-state index contributed by atoms with van der Waals surface area (Å²) in [7, 11) is 0. The summed E-state index contributed by atoms with van der Waals surface area (Å²) in [6, 6.07) is 7.69. The summed E-state index contributed by atoms with van der Waals surface area (Å²) >= 11 is 0. The van der Waals surface area contributed by atoms with Crippen molar-refractivity contribution in [2.45, 2.75) is 52.0 Å².